The highest BCUT2D eigenvalue weighted by Gasteiger charge is 2.41. The number of H-pyrrole nitrogens is 1. The first-order valence-electron chi connectivity index (χ1n) is 6.27. The molecule has 0 fully saturated rings. The van der Waals surface area contributed by atoms with Crippen LogP contribution in [0.3, 0.4) is 0 Å². The normalized spacial score (nSPS) is 13.0. The maximum atomic E-state index is 13.1. The summed E-state index contributed by atoms with van der Waals surface area (Å²) in [5.41, 5.74) is 1.17. The number of nitrogens with zero attached hydrogens (tertiary/aromatic N) is 1. The quantitative estimate of drug-likeness (QED) is 0.911. The van der Waals surface area contributed by atoms with E-state index in [4.69, 9.17) is 0 Å². The van der Waals surface area contributed by atoms with Gasteiger partial charge >= 0.3 is 6.18 Å². The van der Waals surface area contributed by atoms with E-state index in [1.54, 1.807) is 13.0 Å². The molecule has 112 valence electrons. The number of benzene rings is 1. The average Bonchev–Trinajstić information content (AvgIpc) is 2.87. The maximum absolute atomic E-state index is 13.1. The predicted octanol–water partition coefficient (Wildman–Crippen LogP) is 2.68. The smallest absolute Gasteiger partial charge is 0.340 e. The van der Waals surface area contributed by atoms with Gasteiger partial charge in [-0.15, -0.1) is 0 Å². The molecule has 0 radical (unpaired) electrons. The number of nitrogens with one attached hydrogen (secondary N) is 2. The van der Waals surface area contributed by atoms with Crippen LogP contribution < -0.4 is 5.32 Å². The van der Waals surface area contributed by atoms with Gasteiger partial charge in [0.25, 0.3) is 0 Å². The van der Waals surface area contributed by atoms with E-state index in [0.29, 0.717) is 11.3 Å². The number of hydrogen-bond donors (Lipinski definition) is 2. The molecule has 0 aliphatic rings. The van der Waals surface area contributed by atoms with Crippen LogP contribution in [0.2, 0.25) is 0 Å². The third kappa shape index (κ3) is 4.08. The summed E-state index contributed by atoms with van der Waals surface area (Å²) in [5.74, 6) is -0.719. The molecule has 1 heterocycles. The van der Waals surface area contributed by atoms with Crippen molar-refractivity contribution in [2.24, 2.45) is 0 Å². The molecular weight excluding hydrogens is 283 g/mol. The second-order valence-electron chi connectivity index (χ2n) is 4.71. The summed E-state index contributed by atoms with van der Waals surface area (Å²) in [6, 6.07) is 5.51. The Morgan fingerprint density at radius 3 is 2.71 bits per heavy atom. The largest absolute Gasteiger partial charge is 0.412 e. The molecule has 21 heavy (non-hydrogen) atoms. The lowest BCUT2D eigenvalue weighted by atomic mass is 10.0. The van der Waals surface area contributed by atoms with Crippen molar-refractivity contribution in [3.8, 4) is 0 Å². The van der Waals surface area contributed by atoms with Crippen LogP contribution in [0.1, 0.15) is 22.9 Å². The molecule has 4 nitrogen and oxygen atoms in total. The number of carbonyl (C=O) groups is 1. The van der Waals surface area contributed by atoms with E-state index in [-0.39, 0.29) is 12.0 Å². The number of alkyl halides is 3. The highest BCUT2D eigenvalue weighted by Crippen LogP contribution is 2.33. The molecule has 0 aliphatic heterocycles. The van der Waals surface area contributed by atoms with Gasteiger partial charge < -0.3 is 5.32 Å². The third-order valence-electron chi connectivity index (χ3n) is 2.92. The fourth-order valence-corrected chi connectivity index (χ4v) is 1.97. The minimum atomic E-state index is -4.56. The molecule has 0 unspecified atom stereocenters. The van der Waals surface area contributed by atoms with Gasteiger partial charge in [-0.1, -0.05) is 29.8 Å². The van der Waals surface area contributed by atoms with Crippen molar-refractivity contribution in [3.05, 3.63) is 53.3 Å². The van der Waals surface area contributed by atoms with E-state index >= 15 is 0 Å². The van der Waals surface area contributed by atoms with Crippen molar-refractivity contribution in [3.63, 3.8) is 0 Å². The zero-order chi connectivity index (χ0) is 15.5. The summed E-state index contributed by atoms with van der Waals surface area (Å²) >= 11 is 0. The molecule has 0 saturated heterocycles. The van der Waals surface area contributed by atoms with E-state index < -0.39 is 18.1 Å². The van der Waals surface area contributed by atoms with Crippen LogP contribution >= 0.6 is 0 Å². The first-order chi connectivity index (χ1) is 9.86. The van der Waals surface area contributed by atoms with Crippen molar-refractivity contribution in [2.75, 3.05) is 0 Å². The highest BCUT2D eigenvalue weighted by molar-refractivity contribution is 5.78. The lowest BCUT2D eigenvalue weighted by molar-refractivity contribution is -0.163. The molecule has 0 saturated carbocycles. The van der Waals surface area contributed by atoms with Crippen LogP contribution in [0.5, 0.6) is 0 Å². The number of aromatic amines is 1. The van der Waals surface area contributed by atoms with Crippen molar-refractivity contribution < 1.29 is 18.0 Å². The third-order valence-corrected chi connectivity index (χ3v) is 2.92. The number of aryl methyl sites for hydroxylation is 1. The van der Waals surface area contributed by atoms with Gasteiger partial charge in [-0.25, -0.2) is 0 Å². The Bertz CT molecular complexity index is 608. The summed E-state index contributed by atoms with van der Waals surface area (Å²) in [5, 5.41) is 8.21. The van der Waals surface area contributed by atoms with Crippen LogP contribution in [-0.4, -0.2) is 22.3 Å². The number of amides is 1. The van der Waals surface area contributed by atoms with Gasteiger partial charge in [0, 0.05) is 11.9 Å². The van der Waals surface area contributed by atoms with Gasteiger partial charge in [0.05, 0.1) is 6.42 Å². The van der Waals surface area contributed by atoms with Crippen LogP contribution in [0.4, 0.5) is 13.2 Å². The highest BCUT2D eigenvalue weighted by atomic mass is 19.4. The molecule has 2 rings (SSSR count). The summed E-state index contributed by atoms with van der Waals surface area (Å²) in [4.78, 5) is 11.8. The zero-order valence-corrected chi connectivity index (χ0v) is 11.2. The van der Waals surface area contributed by atoms with E-state index in [1.807, 2.05) is 5.32 Å². The second-order valence-corrected chi connectivity index (χ2v) is 4.71. The van der Waals surface area contributed by atoms with Crippen LogP contribution in [-0.2, 0) is 11.2 Å². The number of hydrogen-bond acceptors (Lipinski definition) is 2. The number of aromatic nitrogens is 2. The SMILES string of the molecule is Cc1cccc([C@@H](NC(=O)Cc2ccn[nH]2)C(F)(F)F)c1. The van der Waals surface area contributed by atoms with Gasteiger partial charge in [0.15, 0.2) is 6.04 Å². The molecule has 1 aromatic heterocycles. The van der Waals surface area contributed by atoms with Gasteiger partial charge in [-0.05, 0) is 18.6 Å². The summed E-state index contributed by atoms with van der Waals surface area (Å²) in [7, 11) is 0. The second kappa shape index (κ2) is 5.99. The van der Waals surface area contributed by atoms with Gasteiger partial charge in [0.1, 0.15) is 0 Å². The predicted molar refractivity (Wildman–Crippen MR) is 70.4 cm³/mol. The summed E-state index contributed by atoms with van der Waals surface area (Å²) in [6.45, 7) is 1.70. The number of rotatable bonds is 4. The molecule has 2 N–H and O–H groups in total. The van der Waals surface area contributed by atoms with Gasteiger partial charge in [0.2, 0.25) is 5.91 Å². The molecule has 0 spiro atoms. The van der Waals surface area contributed by atoms with Gasteiger partial charge in [-0.3, -0.25) is 9.89 Å². The molecule has 1 amide bonds. The molecule has 1 aromatic carbocycles. The fourth-order valence-electron chi connectivity index (χ4n) is 1.97. The van der Waals surface area contributed by atoms with E-state index in [1.165, 1.54) is 30.5 Å². The Kier molecular flexibility index (Phi) is 4.30. The Hall–Kier alpha value is -2.31. The Morgan fingerprint density at radius 1 is 1.38 bits per heavy atom. The van der Waals surface area contributed by atoms with E-state index in [2.05, 4.69) is 10.2 Å². The van der Waals surface area contributed by atoms with Crippen molar-refractivity contribution >= 4 is 5.91 Å². The van der Waals surface area contributed by atoms with Crippen molar-refractivity contribution in [1.29, 1.82) is 0 Å². The number of halogens is 3. The summed E-state index contributed by atoms with van der Waals surface area (Å²) in [6.07, 6.45) is -3.31. The Labute approximate surface area is 119 Å². The molecule has 0 bridgehead atoms. The topological polar surface area (TPSA) is 57.8 Å². The first kappa shape index (κ1) is 15.1. The van der Waals surface area contributed by atoms with Crippen molar-refractivity contribution in [1.82, 2.24) is 15.5 Å². The Morgan fingerprint density at radius 2 is 2.14 bits per heavy atom. The maximum Gasteiger partial charge on any atom is 0.412 e. The van der Waals surface area contributed by atoms with Crippen LogP contribution in [0.15, 0.2) is 36.5 Å². The number of carbonyl (C=O) groups excluding carboxylic acids is 1. The lowest BCUT2D eigenvalue weighted by Gasteiger charge is -2.22. The summed E-state index contributed by atoms with van der Waals surface area (Å²) < 4.78 is 39.4. The molecular formula is C14H14F3N3O. The average molecular weight is 297 g/mol. The van der Waals surface area contributed by atoms with E-state index in [9.17, 15) is 18.0 Å². The van der Waals surface area contributed by atoms with Crippen LogP contribution in [0.25, 0.3) is 0 Å². The standard InChI is InChI=1S/C14H14F3N3O/c1-9-3-2-4-10(7-9)13(14(15,16)17)19-12(21)8-11-5-6-18-20-11/h2-7,13H,8H2,1H3,(H,18,20)(H,19,21)/t13-/m1/s1. The van der Waals surface area contributed by atoms with Crippen LogP contribution in [0, 0.1) is 6.92 Å². The minimum absolute atomic E-state index is 0.0143. The minimum Gasteiger partial charge on any atom is -0.340 e. The van der Waals surface area contributed by atoms with Gasteiger partial charge in [-0.2, -0.15) is 18.3 Å². The molecule has 0 aliphatic carbocycles. The molecule has 1 atom stereocenters. The first-order valence-corrected chi connectivity index (χ1v) is 6.27. The lowest BCUT2D eigenvalue weighted by Crippen LogP contribution is -2.39. The zero-order valence-electron chi connectivity index (χ0n) is 11.2. The fraction of sp³-hybridized carbons (Fsp3) is 0.286. The Balaban J connectivity index is 2.16. The molecule has 7 heteroatoms. The molecule has 2 aromatic rings. The monoisotopic (exact) mass is 297 g/mol. The van der Waals surface area contributed by atoms with Crippen molar-refractivity contribution in [2.45, 2.75) is 25.6 Å². The van der Waals surface area contributed by atoms with E-state index in [0.717, 1.165) is 0 Å².